The van der Waals surface area contributed by atoms with Gasteiger partial charge in [0.05, 0.1) is 5.56 Å². The molecule has 23 heavy (non-hydrogen) atoms. The van der Waals surface area contributed by atoms with Gasteiger partial charge in [0, 0.05) is 34.2 Å². The van der Waals surface area contributed by atoms with Crippen molar-refractivity contribution in [3.63, 3.8) is 0 Å². The van der Waals surface area contributed by atoms with Crippen LogP contribution in [0.2, 0.25) is 0 Å². The lowest BCUT2D eigenvalue weighted by molar-refractivity contribution is 0.0935. The number of hydrogen-bond donors (Lipinski definition) is 2. The molecule has 5 nitrogen and oxygen atoms in total. The molecule has 1 unspecified atom stereocenters. The molecule has 6 heteroatoms. The van der Waals surface area contributed by atoms with Gasteiger partial charge in [0.25, 0.3) is 5.91 Å². The predicted molar refractivity (Wildman–Crippen MR) is 91.2 cm³/mol. The highest BCUT2D eigenvalue weighted by Crippen LogP contribution is 2.31. The van der Waals surface area contributed by atoms with Gasteiger partial charge >= 0.3 is 0 Å². The Bertz CT molecular complexity index is 882. The van der Waals surface area contributed by atoms with E-state index in [-0.39, 0.29) is 12.1 Å². The predicted octanol–water partition coefficient (Wildman–Crippen LogP) is 3.40. The zero-order chi connectivity index (χ0) is 16.0. The Kier molecular flexibility index (Phi) is 3.20. The third kappa shape index (κ3) is 2.22. The highest BCUT2D eigenvalue weighted by Gasteiger charge is 2.27. The molecule has 0 fully saturated rings. The van der Waals surface area contributed by atoms with Crippen LogP contribution in [-0.2, 0) is 0 Å². The number of nitrogens with one attached hydrogen (secondary N) is 2. The minimum Gasteiger partial charge on any atom is -0.361 e. The average molecular weight is 324 g/mol. The zero-order valence-electron chi connectivity index (χ0n) is 12.8. The minimum atomic E-state index is -0.239. The topological polar surface area (TPSA) is 59.0 Å². The van der Waals surface area contributed by atoms with E-state index in [9.17, 15) is 4.79 Å². The number of carbonyl (C=O) groups is 1. The van der Waals surface area contributed by atoms with Gasteiger partial charge in [0.1, 0.15) is 6.17 Å². The molecule has 1 aliphatic heterocycles. The van der Waals surface area contributed by atoms with Crippen LogP contribution in [0.5, 0.6) is 0 Å². The maximum absolute atomic E-state index is 12.3. The van der Waals surface area contributed by atoms with Crippen molar-refractivity contribution in [2.45, 2.75) is 20.0 Å². The molecule has 0 aliphatic carbocycles. The molecule has 1 amide bonds. The largest absolute Gasteiger partial charge is 0.361 e. The summed E-state index contributed by atoms with van der Waals surface area (Å²) in [6, 6.07) is 9.66. The number of thiazole rings is 1. The highest BCUT2D eigenvalue weighted by molar-refractivity contribution is 7.12. The number of hydrogen-bond acceptors (Lipinski definition) is 4. The Morgan fingerprint density at radius 1 is 1.22 bits per heavy atom. The number of aromatic nitrogens is 2. The Balaban J connectivity index is 1.76. The molecule has 0 bridgehead atoms. The van der Waals surface area contributed by atoms with Gasteiger partial charge in [-0.2, -0.15) is 0 Å². The summed E-state index contributed by atoms with van der Waals surface area (Å²) < 4.78 is 2.12. The van der Waals surface area contributed by atoms with E-state index in [2.05, 4.69) is 40.1 Å². The second-order valence-corrected chi connectivity index (χ2v) is 6.45. The molecule has 1 aromatic carbocycles. The van der Waals surface area contributed by atoms with Gasteiger partial charge in [0.2, 0.25) is 0 Å². The first kappa shape index (κ1) is 14.0. The highest BCUT2D eigenvalue weighted by atomic mass is 32.1. The number of carbonyl (C=O) groups excluding carboxylic acids is 1. The number of benzene rings is 1. The number of rotatable bonds is 2. The molecule has 0 saturated heterocycles. The maximum atomic E-state index is 12.3. The van der Waals surface area contributed by atoms with Crippen molar-refractivity contribution in [2.75, 3.05) is 5.32 Å². The van der Waals surface area contributed by atoms with Gasteiger partial charge in [-0.25, -0.2) is 4.98 Å². The zero-order valence-corrected chi connectivity index (χ0v) is 13.6. The standard InChI is InChI=1S/C17H16N4OS/c1-10-9-13(11(2)21(10)17-18-7-8-23-17)15-19-14-6-4-3-5-12(14)16(22)20-15/h3-9,15,19H,1-2H3,(H,20,22). The molecule has 3 aromatic rings. The molecular formula is C17H16N4OS. The van der Waals surface area contributed by atoms with Crippen molar-refractivity contribution >= 4 is 22.9 Å². The van der Waals surface area contributed by atoms with E-state index in [0.29, 0.717) is 5.56 Å². The van der Waals surface area contributed by atoms with Crippen molar-refractivity contribution in [2.24, 2.45) is 0 Å². The first-order chi connectivity index (χ1) is 11.1. The molecule has 116 valence electrons. The van der Waals surface area contributed by atoms with Gasteiger partial charge in [0.15, 0.2) is 5.13 Å². The average Bonchev–Trinajstić information content (AvgIpc) is 3.15. The monoisotopic (exact) mass is 324 g/mol. The van der Waals surface area contributed by atoms with Crippen LogP contribution >= 0.6 is 11.3 Å². The number of fused-ring (bicyclic) bond motifs is 1. The lowest BCUT2D eigenvalue weighted by atomic mass is 10.1. The van der Waals surface area contributed by atoms with E-state index >= 15 is 0 Å². The fourth-order valence-electron chi connectivity index (χ4n) is 3.06. The Morgan fingerprint density at radius 3 is 2.83 bits per heavy atom. The lowest BCUT2D eigenvalue weighted by Gasteiger charge is -2.28. The quantitative estimate of drug-likeness (QED) is 0.759. The van der Waals surface area contributed by atoms with E-state index in [4.69, 9.17) is 0 Å². The fourth-order valence-corrected chi connectivity index (χ4v) is 3.81. The molecule has 2 N–H and O–H groups in total. The normalized spacial score (nSPS) is 16.6. The molecular weight excluding hydrogens is 308 g/mol. The summed E-state index contributed by atoms with van der Waals surface area (Å²) in [6.07, 6.45) is 1.56. The van der Waals surface area contributed by atoms with Crippen molar-refractivity contribution in [1.82, 2.24) is 14.9 Å². The molecule has 2 aromatic heterocycles. The van der Waals surface area contributed by atoms with E-state index < -0.39 is 0 Å². The van der Waals surface area contributed by atoms with E-state index in [1.54, 1.807) is 17.5 Å². The van der Waals surface area contributed by atoms with E-state index in [0.717, 1.165) is 27.8 Å². The summed E-state index contributed by atoms with van der Waals surface area (Å²) in [6.45, 7) is 4.11. The van der Waals surface area contributed by atoms with Gasteiger partial charge in [-0.3, -0.25) is 9.36 Å². The third-order valence-electron chi connectivity index (χ3n) is 4.14. The Hall–Kier alpha value is -2.60. The lowest BCUT2D eigenvalue weighted by Crippen LogP contribution is -2.38. The molecule has 1 aliphatic rings. The summed E-state index contributed by atoms with van der Waals surface area (Å²) in [5.41, 5.74) is 4.77. The van der Waals surface area contributed by atoms with E-state index in [1.165, 1.54) is 0 Å². The van der Waals surface area contributed by atoms with Gasteiger partial charge in [-0.1, -0.05) is 12.1 Å². The van der Waals surface area contributed by atoms with Crippen molar-refractivity contribution < 1.29 is 4.79 Å². The number of anilines is 1. The SMILES string of the molecule is Cc1cc(C2NC(=O)c3ccccc3N2)c(C)n1-c1nccs1. The van der Waals surface area contributed by atoms with Crippen LogP contribution in [0.15, 0.2) is 41.9 Å². The molecule has 0 saturated carbocycles. The van der Waals surface area contributed by atoms with Crippen LogP contribution in [0.3, 0.4) is 0 Å². The molecule has 4 rings (SSSR count). The molecule has 1 atom stereocenters. The first-order valence-electron chi connectivity index (χ1n) is 7.40. The summed E-state index contributed by atoms with van der Waals surface area (Å²) in [5, 5.41) is 9.34. The number of amides is 1. The van der Waals surface area contributed by atoms with Gasteiger partial charge in [-0.05, 0) is 32.0 Å². The van der Waals surface area contributed by atoms with E-state index in [1.807, 2.05) is 29.6 Å². The first-order valence-corrected chi connectivity index (χ1v) is 8.28. The van der Waals surface area contributed by atoms with Crippen molar-refractivity contribution in [1.29, 1.82) is 0 Å². The smallest absolute Gasteiger partial charge is 0.255 e. The summed E-state index contributed by atoms with van der Waals surface area (Å²) >= 11 is 1.60. The second-order valence-electron chi connectivity index (χ2n) is 5.57. The van der Waals surface area contributed by atoms with Gasteiger partial charge < -0.3 is 10.6 Å². The Labute approximate surface area is 138 Å². The molecule has 3 heterocycles. The van der Waals surface area contributed by atoms with Crippen molar-refractivity contribution in [3.05, 3.63) is 64.4 Å². The number of nitrogens with zero attached hydrogens (tertiary/aromatic N) is 2. The van der Waals surface area contributed by atoms with Crippen LogP contribution in [0, 0.1) is 13.8 Å². The molecule has 0 radical (unpaired) electrons. The third-order valence-corrected chi connectivity index (χ3v) is 4.90. The maximum Gasteiger partial charge on any atom is 0.255 e. The van der Waals surface area contributed by atoms with Crippen LogP contribution in [0.1, 0.15) is 33.5 Å². The second kappa shape index (κ2) is 5.24. The number of aryl methyl sites for hydroxylation is 1. The van der Waals surface area contributed by atoms with Crippen molar-refractivity contribution in [3.8, 4) is 5.13 Å². The molecule has 0 spiro atoms. The Morgan fingerprint density at radius 2 is 2.04 bits per heavy atom. The van der Waals surface area contributed by atoms with Gasteiger partial charge in [-0.15, -0.1) is 11.3 Å². The number of para-hydroxylation sites is 1. The summed E-state index contributed by atoms with van der Waals surface area (Å²) in [5.74, 6) is -0.0524. The van der Waals surface area contributed by atoms with Crippen LogP contribution in [0.4, 0.5) is 5.69 Å². The fraction of sp³-hybridized carbons (Fsp3) is 0.176. The van der Waals surface area contributed by atoms with Crippen LogP contribution in [-0.4, -0.2) is 15.5 Å². The summed E-state index contributed by atoms with van der Waals surface area (Å²) in [4.78, 5) is 16.7. The summed E-state index contributed by atoms with van der Waals surface area (Å²) in [7, 11) is 0. The van der Waals surface area contributed by atoms with Crippen LogP contribution < -0.4 is 10.6 Å². The minimum absolute atomic E-state index is 0.0524. The van der Waals surface area contributed by atoms with Crippen LogP contribution in [0.25, 0.3) is 5.13 Å².